The highest BCUT2D eigenvalue weighted by Crippen LogP contribution is 2.24. The summed E-state index contributed by atoms with van der Waals surface area (Å²) in [6.07, 6.45) is 0. The number of primary sulfonamides is 1. The lowest BCUT2D eigenvalue weighted by Crippen LogP contribution is -2.09. The second kappa shape index (κ2) is 5.81. The third-order valence-electron chi connectivity index (χ3n) is 2.47. The number of anilines is 1. The maximum Gasteiger partial charge on any atom is 0.247 e. The molecule has 0 aliphatic rings. The monoisotopic (exact) mass is 327 g/mol. The van der Waals surface area contributed by atoms with Gasteiger partial charge in [-0.15, -0.1) is 11.3 Å². The van der Waals surface area contributed by atoms with Crippen LogP contribution in [-0.2, 0) is 16.6 Å². The van der Waals surface area contributed by atoms with Crippen molar-refractivity contribution >= 4 is 38.6 Å². The van der Waals surface area contributed by atoms with Crippen molar-refractivity contribution in [3.63, 3.8) is 0 Å². The molecule has 1 aromatic heterocycles. The first kappa shape index (κ1) is 14.8. The van der Waals surface area contributed by atoms with Crippen molar-refractivity contribution in [2.75, 3.05) is 5.32 Å². The Morgan fingerprint density at radius 1 is 1.35 bits per heavy atom. The van der Waals surface area contributed by atoms with Crippen LogP contribution in [0.15, 0.2) is 34.5 Å². The average Bonchev–Trinajstić information content (AvgIpc) is 2.85. The van der Waals surface area contributed by atoms with E-state index in [0.29, 0.717) is 22.8 Å². The van der Waals surface area contributed by atoms with Gasteiger partial charge in [0.25, 0.3) is 0 Å². The van der Waals surface area contributed by atoms with E-state index >= 15 is 0 Å². The van der Waals surface area contributed by atoms with E-state index in [0.717, 1.165) is 16.2 Å². The molecule has 8 heteroatoms. The number of benzene rings is 1. The fraction of sp³-hybridized carbons (Fsp3) is 0.0833. The molecule has 0 fully saturated rings. The van der Waals surface area contributed by atoms with Gasteiger partial charge in [0.05, 0.1) is 11.3 Å². The Labute approximate surface area is 125 Å². The van der Waals surface area contributed by atoms with Crippen molar-refractivity contribution in [1.82, 2.24) is 0 Å². The van der Waals surface area contributed by atoms with E-state index in [1.54, 1.807) is 24.3 Å². The van der Waals surface area contributed by atoms with Gasteiger partial charge < -0.3 is 5.32 Å². The van der Waals surface area contributed by atoms with E-state index < -0.39 is 10.0 Å². The summed E-state index contributed by atoms with van der Waals surface area (Å²) >= 11 is 6.96. The number of rotatable bonds is 4. The summed E-state index contributed by atoms with van der Waals surface area (Å²) in [6, 6.07) is 10.1. The zero-order valence-electron chi connectivity index (χ0n) is 10.1. The van der Waals surface area contributed by atoms with E-state index in [1.165, 1.54) is 6.07 Å². The second-order valence-corrected chi connectivity index (χ2v) is 7.31. The number of thiophene rings is 1. The van der Waals surface area contributed by atoms with Crippen molar-refractivity contribution in [3.05, 3.63) is 45.8 Å². The molecule has 20 heavy (non-hydrogen) atoms. The van der Waals surface area contributed by atoms with Gasteiger partial charge in [0, 0.05) is 16.4 Å². The van der Waals surface area contributed by atoms with Gasteiger partial charge in [-0.25, -0.2) is 13.6 Å². The Bertz CT molecular complexity index is 778. The van der Waals surface area contributed by atoms with Crippen LogP contribution in [-0.4, -0.2) is 8.42 Å². The highest BCUT2D eigenvalue weighted by atomic mass is 35.5. The summed E-state index contributed by atoms with van der Waals surface area (Å²) in [5.41, 5.74) is 1.07. The van der Waals surface area contributed by atoms with Crippen molar-refractivity contribution in [3.8, 4) is 6.07 Å². The van der Waals surface area contributed by atoms with Crippen LogP contribution in [0.5, 0.6) is 0 Å². The van der Waals surface area contributed by atoms with Crippen molar-refractivity contribution < 1.29 is 8.42 Å². The van der Waals surface area contributed by atoms with E-state index in [2.05, 4.69) is 11.4 Å². The molecule has 0 bridgehead atoms. The molecule has 2 aromatic rings. The first-order valence-electron chi connectivity index (χ1n) is 5.45. The molecule has 0 amide bonds. The third kappa shape index (κ3) is 3.49. The first-order chi connectivity index (χ1) is 9.40. The van der Waals surface area contributed by atoms with Gasteiger partial charge in [-0.1, -0.05) is 11.6 Å². The molecule has 0 unspecified atom stereocenters. The number of hydrogen-bond donors (Lipinski definition) is 2. The lowest BCUT2D eigenvalue weighted by atomic mass is 10.2. The molecule has 0 spiro atoms. The molecule has 0 saturated heterocycles. The summed E-state index contributed by atoms with van der Waals surface area (Å²) < 4.78 is 22.5. The van der Waals surface area contributed by atoms with Gasteiger partial charge in [0.2, 0.25) is 10.0 Å². The quantitative estimate of drug-likeness (QED) is 0.901. The Morgan fingerprint density at radius 2 is 2.10 bits per heavy atom. The number of nitriles is 1. The summed E-state index contributed by atoms with van der Waals surface area (Å²) in [7, 11) is -3.67. The highest BCUT2D eigenvalue weighted by molar-refractivity contribution is 7.91. The summed E-state index contributed by atoms with van der Waals surface area (Å²) in [4.78, 5) is 0.790. The minimum absolute atomic E-state index is 0.112. The molecule has 0 aliphatic heterocycles. The molecule has 104 valence electrons. The van der Waals surface area contributed by atoms with Crippen molar-refractivity contribution in [2.24, 2.45) is 5.14 Å². The van der Waals surface area contributed by atoms with Crippen LogP contribution in [0.2, 0.25) is 5.02 Å². The molecule has 5 nitrogen and oxygen atoms in total. The van der Waals surface area contributed by atoms with Gasteiger partial charge in [-0.3, -0.25) is 0 Å². The lowest BCUT2D eigenvalue weighted by molar-refractivity contribution is 0.600. The van der Waals surface area contributed by atoms with E-state index in [-0.39, 0.29) is 4.21 Å². The van der Waals surface area contributed by atoms with Crippen LogP contribution < -0.4 is 10.5 Å². The number of sulfonamides is 1. The molecular formula is C12H10ClN3O2S2. The molecule has 0 aliphatic carbocycles. The largest absolute Gasteiger partial charge is 0.379 e. The van der Waals surface area contributed by atoms with E-state index in [4.69, 9.17) is 22.0 Å². The Morgan fingerprint density at radius 3 is 2.70 bits per heavy atom. The maximum atomic E-state index is 11.2. The minimum Gasteiger partial charge on any atom is -0.379 e. The lowest BCUT2D eigenvalue weighted by Gasteiger charge is -2.07. The topological polar surface area (TPSA) is 96.0 Å². The number of nitrogens with one attached hydrogen (secondary N) is 1. The fourth-order valence-corrected chi connectivity index (χ4v) is 3.44. The molecule has 1 heterocycles. The van der Waals surface area contributed by atoms with Gasteiger partial charge in [0.15, 0.2) is 0 Å². The minimum atomic E-state index is -3.67. The van der Waals surface area contributed by atoms with Gasteiger partial charge in [-0.05, 0) is 30.3 Å². The van der Waals surface area contributed by atoms with Gasteiger partial charge in [-0.2, -0.15) is 5.26 Å². The van der Waals surface area contributed by atoms with Crippen LogP contribution in [0, 0.1) is 11.3 Å². The Kier molecular flexibility index (Phi) is 4.30. The third-order valence-corrected chi connectivity index (χ3v) is 5.23. The number of halogens is 1. The molecule has 0 atom stereocenters. The van der Waals surface area contributed by atoms with E-state index in [9.17, 15) is 8.42 Å². The predicted octanol–water partition coefficient (Wildman–Crippen LogP) is 2.53. The molecule has 0 radical (unpaired) electrons. The SMILES string of the molecule is N#Cc1ccc(Cl)cc1NCc1ccc(S(N)(=O)=O)s1. The fourth-order valence-electron chi connectivity index (χ4n) is 1.55. The zero-order valence-corrected chi connectivity index (χ0v) is 12.5. The highest BCUT2D eigenvalue weighted by Gasteiger charge is 2.11. The first-order valence-corrected chi connectivity index (χ1v) is 8.19. The maximum absolute atomic E-state index is 11.2. The number of hydrogen-bond acceptors (Lipinski definition) is 5. The van der Waals surface area contributed by atoms with Crippen LogP contribution in [0.1, 0.15) is 10.4 Å². The van der Waals surface area contributed by atoms with Crippen LogP contribution in [0.25, 0.3) is 0 Å². The van der Waals surface area contributed by atoms with Crippen molar-refractivity contribution in [1.29, 1.82) is 5.26 Å². The second-order valence-electron chi connectivity index (χ2n) is 3.92. The van der Waals surface area contributed by atoms with Crippen molar-refractivity contribution in [2.45, 2.75) is 10.8 Å². The van der Waals surface area contributed by atoms with Crippen LogP contribution in [0.4, 0.5) is 5.69 Å². The van der Waals surface area contributed by atoms with Crippen LogP contribution >= 0.6 is 22.9 Å². The van der Waals surface area contributed by atoms with E-state index in [1.807, 2.05) is 0 Å². The smallest absolute Gasteiger partial charge is 0.247 e. The molecular weight excluding hydrogens is 318 g/mol. The summed E-state index contributed by atoms with van der Waals surface area (Å²) in [6.45, 7) is 0.384. The average molecular weight is 328 g/mol. The molecule has 2 rings (SSSR count). The van der Waals surface area contributed by atoms with Crippen LogP contribution in [0.3, 0.4) is 0 Å². The Balaban J connectivity index is 2.15. The normalized spacial score (nSPS) is 11.1. The predicted molar refractivity (Wildman–Crippen MR) is 79.2 cm³/mol. The standard InChI is InChI=1S/C12H10ClN3O2S2/c13-9-2-1-8(6-14)11(5-9)16-7-10-3-4-12(19-10)20(15,17)18/h1-5,16H,7H2,(H2,15,17,18). The van der Waals surface area contributed by atoms with Gasteiger partial charge >= 0.3 is 0 Å². The molecule has 3 N–H and O–H groups in total. The van der Waals surface area contributed by atoms with Gasteiger partial charge in [0.1, 0.15) is 10.3 Å². The number of nitrogens with two attached hydrogens (primary N) is 1. The Hall–Kier alpha value is -1.59. The zero-order chi connectivity index (χ0) is 14.8. The summed E-state index contributed by atoms with van der Waals surface area (Å²) in [5, 5.41) is 17.6. The summed E-state index contributed by atoms with van der Waals surface area (Å²) in [5.74, 6) is 0. The number of nitrogens with zero attached hydrogens (tertiary/aromatic N) is 1. The molecule has 0 saturated carbocycles. The molecule has 1 aromatic carbocycles.